The molecule has 0 aliphatic heterocycles. The predicted octanol–water partition coefficient (Wildman–Crippen LogP) is 0.561. The van der Waals surface area contributed by atoms with Gasteiger partial charge >= 0.3 is 0 Å². The first-order valence-electron chi connectivity index (χ1n) is 6.25. The molecule has 0 saturated carbocycles. The Morgan fingerprint density at radius 2 is 2.22 bits per heavy atom. The maximum atomic E-state index is 11.1. The summed E-state index contributed by atoms with van der Waals surface area (Å²) in [7, 11) is 0. The topological polar surface area (TPSA) is 71.8 Å². The third-order valence-electron chi connectivity index (χ3n) is 2.64. The lowest BCUT2D eigenvalue weighted by Crippen LogP contribution is -2.47. The summed E-state index contributed by atoms with van der Waals surface area (Å²) < 4.78 is 1.79. The minimum atomic E-state index is -0.189. The van der Waals surface area contributed by atoms with Gasteiger partial charge in [0.25, 0.3) is 0 Å². The van der Waals surface area contributed by atoms with Crippen molar-refractivity contribution in [1.29, 1.82) is 0 Å². The summed E-state index contributed by atoms with van der Waals surface area (Å²) >= 11 is 0. The van der Waals surface area contributed by atoms with Crippen molar-refractivity contribution in [2.24, 2.45) is 0 Å². The minimum absolute atomic E-state index is 0.00909. The Morgan fingerprint density at radius 3 is 2.78 bits per heavy atom. The summed E-state index contributed by atoms with van der Waals surface area (Å²) in [5, 5.41) is 14.0. The Hall–Kier alpha value is -1.43. The average molecular weight is 253 g/mol. The van der Waals surface area contributed by atoms with Crippen LogP contribution in [0.1, 0.15) is 34.1 Å². The van der Waals surface area contributed by atoms with Crippen LogP contribution >= 0.6 is 0 Å². The maximum Gasteiger partial charge on any atom is 0.217 e. The Morgan fingerprint density at radius 1 is 1.50 bits per heavy atom. The number of amides is 1. The fourth-order valence-electron chi connectivity index (χ4n) is 2.14. The van der Waals surface area contributed by atoms with E-state index in [1.165, 1.54) is 0 Å². The molecule has 0 saturated heterocycles. The summed E-state index contributed by atoms with van der Waals surface area (Å²) in [6.45, 7) is 9.36. The number of carbonyl (C=O) groups excluding carboxylic acids is 1. The molecular weight excluding hydrogens is 230 g/mol. The van der Waals surface area contributed by atoms with Crippen molar-refractivity contribution in [3.8, 4) is 0 Å². The zero-order chi connectivity index (χ0) is 13.6. The largest absolute Gasteiger partial charge is 0.351 e. The Kier molecular flexibility index (Phi) is 5.27. The van der Waals surface area contributed by atoms with E-state index in [0.717, 1.165) is 19.5 Å². The van der Waals surface area contributed by atoms with Gasteiger partial charge in [0.1, 0.15) is 0 Å². The number of rotatable bonds is 7. The van der Waals surface area contributed by atoms with E-state index in [4.69, 9.17) is 0 Å². The van der Waals surface area contributed by atoms with E-state index < -0.39 is 0 Å². The molecule has 0 radical (unpaired) electrons. The second kappa shape index (κ2) is 6.49. The molecule has 1 aromatic heterocycles. The lowest BCUT2D eigenvalue weighted by molar-refractivity contribution is -0.120. The van der Waals surface area contributed by atoms with Gasteiger partial charge in [-0.3, -0.25) is 9.48 Å². The SMILES string of the molecule is CC(=O)NC(C)(C)C[C@@H](C)NCCn1ccnn1. The molecule has 0 spiro atoms. The van der Waals surface area contributed by atoms with Crippen molar-refractivity contribution < 1.29 is 4.79 Å². The van der Waals surface area contributed by atoms with Gasteiger partial charge in [-0.15, -0.1) is 5.10 Å². The fourth-order valence-corrected chi connectivity index (χ4v) is 2.14. The first-order valence-corrected chi connectivity index (χ1v) is 6.25. The molecule has 6 heteroatoms. The number of hydrogen-bond donors (Lipinski definition) is 2. The summed E-state index contributed by atoms with van der Waals surface area (Å²) in [5.74, 6) is 0.00909. The van der Waals surface area contributed by atoms with E-state index >= 15 is 0 Å². The number of hydrogen-bond acceptors (Lipinski definition) is 4. The quantitative estimate of drug-likeness (QED) is 0.745. The molecular formula is C12H23N5O. The second-order valence-corrected chi connectivity index (χ2v) is 5.29. The highest BCUT2D eigenvalue weighted by molar-refractivity contribution is 5.73. The normalized spacial score (nSPS) is 13.3. The minimum Gasteiger partial charge on any atom is -0.351 e. The number of nitrogens with zero attached hydrogens (tertiary/aromatic N) is 3. The van der Waals surface area contributed by atoms with E-state index in [-0.39, 0.29) is 11.4 Å². The van der Waals surface area contributed by atoms with Crippen molar-refractivity contribution in [2.45, 2.75) is 52.2 Å². The number of aromatic nitrogens is 3. The molecule has 1 aromatic rings. The summed E-state index contributed by atoms with van der Waals surface area (Å²) in [6, 6.07) is 0.329. The standard InChI is InChI=1S/C12H23N5O/c1-10(9-12(3,4)15-11(2)18)13-5-7-17-8-6-14-16-17/h6,8,10,13H,5,7,9H2,1-4H3,(H,15,18)/t10-/m1/s1. The Bertz CT molecular complexity index is 361. The zero-order valence-electron chi connectivity index (χ0n) is 11.6. The van der Waals surface area contributed by atoms with Gasteiger partial charge in [0, 0.05) is 31.2 Å². The van der Waals surface area contributed by atoms with Gasteiger partial charge in [0.15, 0.2) is 0 Å². The van der Waals surface area contributed by atoms with Crippen LogP contribution in [0.2, 0.25) is 0 Å². The van der Waals surface area contributed by atoms with Crippen molar-refractivity contribution in [3.05, 3.63) is 12.4 Å². The first kappa shape index (κ1) is 14.6. The van der Waals surface area contributed by atoms with Crippen LogP contribution in [0.5, 0.6) is 0 Å². The molecule has 0 aliphatic carbocycles. The van der Waals surface area contributed by atoms with E-state index in [1.807, 2.05) is 20.0 Å². The molecule has 1 rings (SSSR count). The van der Waals surface area contributed by atoms with Crippen LogP contribution in [-0.4, -0.2) is 39.0 Å². The molecule has 0 unspecified atom stereocenters. The van der Waals surface area contributed by atoms with Crippen molar-refractivity contribution in [2.75, 3.05) is 6.54 Å². The van der Waals surface area contributed by atoms with Crippen LogP contribution in [-0.2, 0) is 11.3 Å². The van der Waals surface area contributed by atoms with Crippen LogP contribution < -0.4 is 10.6 Å². The zero-order valence-corrected chi connectivity index (χ0v) is 11.6. The van der Waals surface area contributed by atoms with Gasteiger partial charge in [-0.1, -0.05) is 5.21 Å². The van der Waals surface area contributed by atoms with Gasteiger partial charge in [-0.2, -0.15) is 0 Å². The van der Waals surface area contributed by atoms with Crippen molar-refractivity contribution >= 4 is 5.91 Å². The fraction of sp³-hybridized carbons (Fsp3) is 0.750. The van der Waals surface area contributed by atoms with Gasteiger partial charge in [-0.25, -0.2) is 0 Å². The molecule has 1 amide bonds. The van der Waals surface area contributed by atoms with Crippen molar-refractivity contribution in [1.82, 2.24) is 25.6 Å². The summed E-state index contributed by atoms with van der Waals surface area (Å²) in [4.78, 5) is 11.1. The molecule has 0 aliphatic rings. The highest BCUT2D eigenvalue weighted by atomic mass is 16.1. The molecule has 18 heavy (non-hydrogen) atoms. The van der Waals surface area contributed by atoms with E-state index in [2.05, 4.69) is 27.9 Å². The lowest BCUT2D eigenvalue weighted by atomic mass is 9.96. The molecule has 0 fully saturated rings. The van der Waals surface area contributed by atoms with Gasteiger partial charge in [0.05, 0.1) is 12.7 Å². The predicted molar refractivity (Wildman–Crippen MR) is 70.0 cm³/mol. The van der Waals surface area contributed by atoms with Gasteiger partial charge in [0.2, 0.25) is 5.91 Å². The highest BCUT2D eigenvalue weighted by Gasteiger charge is 2.21. The summed E-state index contributed by atoms with van der Waals surface area (Å²) in [6.07, 6.45) is 4.39. The van der Waals surface area contributed by atoms with Crippen LogP contribution in [0.15, 0.2) is 12.4 Å². The smallest absolute Gasteiger partial charge is 0.217 e. The van der Waals surface area contributed by atoms with E-state index in [9.17, 15) is 4.79 Å². The number of carbonyl (C=O) groups is 1. The third kappa shape index (κ3) is 5.77. The van der Waals surface area contributed by atoms with Crippen LogP contribution in [0.4, 0.5) is 0 Å². The molecule has 1 heterocycles. The molecule has 1 atom stereocenters. The van der Waals surface area contributed by atoms with Gasteiger partial charge < -0.3 is 10.6 Å². The first-order chi connectivity index (χ1) is 8.39. The third-order valence-corrected chi connectivity index (χ3v) is 2.64. The monoisotopic (exact) mass is 253 g/mol. The van der Waals surface area contributed by atoms with Crippen LogP contribution in [0, 0.1) is 0 Å². The van der Waals surface area contributed by atoms with Gasteiger partial charge in [-0.05, 0) is 27.2 Å². The molecule has 0 bridgehead atoms. The molecule has 6 nitrogen and oxygen atoms in total. The Balaban J connectivity index is 2.24. The average Bonchev–Trinajstić information content (AvgIpc) is 2.66. The van der Waals surface area contributed by atoms with Crippen LogP contribution in [0.25, 0.3) is 0 Å². The van der Waals surface area contributed by atoms with E-state index in [0.29, 0.717) is 6.04 Å². The molecule has 2 N–H and O–H groups in total. The van der Waals surface area contributed by atoms with E-state index in [1.54, 1.807) is 17.8 Å². The second-order valence-electron chi connectivity index (χ2n) is 5.29. The molecule has 0 aromatic carbocycles. The number of nitrogens with one attached hydrogen (secondary N) is 2. The molecule has 102 valence electrons. The van der Waals surface area contributed by atoms with Crippen LogP contribution in [0.3, 0.4) is 0 Å². The Labute approximate surface area is 108 Å². The van der Waals surface area contributed by atoms with Crippen molar-refractivity contribution in [3.63, 3.8) is 0 Å². The summed E-state index contributed by atoms with van der Waals surface area (Å²) in [5.41, 5.74) is -0.189. The lowest BCUT2D eigenvalue weighted by Gasteiger charge is -2.29. The maximum absolute atomic E-state index is 11.1. The highest BCUT2D eigenvalue weighted by Crippen LogP contribution is 2.11.